The Morgan fingerprint density at radius 1 is 1.00 bits per heavy atom. The third-order valence-electron chi connectivity index (χ3n) is 4.69. The van der Waals surface area contributed by atoms with E-state index in [-0.39, 0.29) is 18.0 Å². The highest BCUT2D eigenvalue weighted by Crippen LogP contribution is 2.25. The Hall–Kier alpha value is -3.03. The van der Waals surface area contributed by atoms with Gasteiger partial charge in [-0.25, -0.2) is 8.42 Å². The van der Waals surface area contributed by atoms with Crippen LogP contribution in [-0.4, -0.2) is 28.0 Å². The molecule has 0 atom stereocenters. The third kappa shape index (κ3) is 5.57. The number of rotatable bonds is 8. The van der Waals surface area contributed by atoms with Gasteiger partial charge in [0.1, 0.15) is 12.3 Å². The maximum absolute atomic E-state index is 13.4. The molecule has 1 N–H and O–H groups in total. The first kappa shape index (κ1) is 22.7. The number of ether oxygens (including phenoxy) is 1. The highest BCUT2D eigenvalue weighted by Gasteiger charge is 2.27. The fourth-order valence-electron chi connectivity index (χ4n) is 2.92. The number of methoxy groups -OCH3 is 1. The van der Waals surface area contributed by atoms with E-state index in [1.165, 1.54) is 19.2 Å². The topological polar surface area (TPSA) is 75.7 Å². The van der Waals surface area contributed by atoms with Gasteiger partial charge in [-0.05, 0) is 55.0 Å². The van der Waals surface area contributed by atoms with E-state index in [1.54, 1.807) is 54.6 Å². The summed E-state index contributed by atoms with van der Waals surface area (Å²) < 4.78 is 32.9. The Morgan fingerprint density at radius 3 is 2.26 bits per heavy atom. The number of aryl methyl sites for hydroxylation is 1. The SMILES string of the molecule is COc1ccc(S(=O)(=O)N(CC(=O)NCc2ccccc2Cl)c2ccc(C)cc2)cc1. The van der Waals surface area contributed by atoms with Gasteiger partial charge >= 0.3 is 0 Å². The van der Waals surface area contributed by atoms with Crippen molar-refractivity contribution in [3.05, 3.63) is 88.9 Å². The summed E-state index contributed by atoms with van der Waals surface area (Å²) in [6.07, 6.45) is 0. The molecule has 0 aliphatic rings. The molecular weight excluding hydrogens is 436 g/mol. The second kappa shape index (κ2) is 9.85. The number of benzene rings is 3. The maximum Gasteiger partial charge on any atom is 0.264 e. The van der Waals surface area contributed by atoms with Crippen molar-refractivity contribution in [2.75, 3.05) is 18.0 Å². The Morgan fingerprint density at radius 2 is 1.65 bits per heavy atom. The zero-order valence-electron chi connectivity index (χ0n) is 17.2. The summed E-state index contributed by atoms with van der Waals surface area (Å²) in [5.41, 5.74) is 2.13. The first-order valence-electron chi connectivity index (χ1n) is 9.55. The molecule has 3 rings (SSSR count). The van der Waals surface area contributed by atoms with Gasteiger partial charge in [0.15, 0.2) is 0 Å². The Kier molecular flexibility index (Phi) is 7.20. The standard InChI is InChI=1S/C23H23ClN2O4S/c1-17-7-9-19(10-8-17)26(31(28,29)21-13-11-20(30-2)12-14-21)16-23(27)25-15-18-5-3-4-6-22(18)24/h3-14H,15-16H2,1-2H3,(H,25,27). The molecule has 31 heavy (non-hydrogen) atoms. The smallest absolute Gasteiger partial charge is 0.264 e. The minimum absolute atomic E-state index is 0.0628. The molecule has 0 saturated carbocycles. The van der Waals surface area contributed by atoms with E-state index in [2.05, 4.69) is 5.32 Å². The number of carbonyl (C=O) groups is 1. The van der Waals surface area contributed by atoms with Gasteiger partial charge in [0.05, 0.1) is 17.7 Å². The van der Waals surface area contributed by atoms with Crippen molar-refractivity contribution in [3.63, 3.8) is 0 Å². The van der Waals surface area contributed by atoms with E-state index >= 15 is 0 Å². The summed E-state index contributed by atoms with van der Waals surface area (Å²) in [4.78, 5) is 12.7. The number of anilines is 1. The molecule has 0 aliphatic heterocycles. The molecular formula is C23H23ClN2O4S. The van der Waals surface area contributed by atoms with E-state index in [9.17, 15) is 13.2 Å². The monoisotopic (exact) mass is 458 g/mol. The van der Waals surface area contributed by atoms with E-state index in [1.807, 2.05) is 13.0 Å². The molecule has 0 fully saturated rings. The van der Waals surface area contributed by atoms with Gasteiger partial charge in [0, 0.05) is 11.6 Å². The van der Waals surface area contributed by atoms with Gasteiger partial charge < -0.3 is 10.1 Å². The number of nitrogens with one attached hydrogen (secondary N) is 1. The molecule has 6 nitrogen and oxygen atoms in total. The van der Waals surface area contributed by atoms with Crippen LogP contribution >= 0.6 is 11.6 Å². The van der Waals surface area contributed by atoms with Crippen LogP contribution in [0, 0.1) is 6.92 Å². The first-order valence-corrected chi connectivity index (χ1v) is 11.4. The van der Waals surface area contributed by atoms with Crippen LogP contribution in [0.1, 0.15) is 11.1 Å². The van der Waals surface area contributed by atoms with Crippen molar-refractivity contribution in [2.24, 2.45) is 0 Å². The molecule has 3 aromatic carbocycles. The molecule has 1 amide bonds. The van der Waals surface area contributed by atoms with Crippen molar-refractivity contribution in [2.45, 2.75) is 18.4 Å². The van der Waals surface area contributed by atoms with Gasteiger partial charge in [0.25, 0.3) is 10.0 Å². The van der Waals surface area contributed by atoms with Crippen LogP contribution in [0.3, 0.4) is 0 Å². The van der Waals surface area contributed by atoms with E-state index in [0.29, 0.717) is 16.5 Å². The van der Waals surface area contributed by atoms with E-state index in [0.717, 1.165) is 15.4 Å². The number of halogens is 1. The summed E-state index contributed by atoms with van der Waals surface area (Å²) in [5, 5.41) is 3.28. The summed E-state index contributed by atoms with van der Waals surface area (Å²) in [6, 6.07) is 20.2. The molecule has 0 radical (unpaired) electrons. The number of amides is 1. The van der Waals surface area contributed by atoms with Gasteiger partial charge in [-0.1, -0.05) is 47.5 Å². The number of carbonyl (C=O) groups excluding carboxylic acids is 1. The lowest BCUT2D eigenvalue weighted by molar-refractivity contribution is -0.119. The third-order valence-corrected chi connectivity index (χ3v) is 6.85. The second-order valence-corrected chi connectivity index (χ2v) is 9.16. The number of sulfonamides is 1. The summed E-state index contributed by atoms with van der Waals surface area (Å²) in [6.45, 7) is 1.73. The van der Waals surface area contributed by atoms with Crippen LogP contribution in [0.2, 0.25) is 5.02 Å². The zero-order valence-corrected chi connectivity index (χ0v) is 18.8. The molecule has 3 aromatic rings. The average Bonchev–Trinajstić information content (AvgIpc) is 2.77. The highest BCUT2D eigenvalue weighted by atomic mass is 35.5. The molecule has 0 aromatic heterocycles. The summed E-state index contributed by atoms with van der Waals surface area (Å²) >= 11 is 6.13. The molecule has 8 heteroatoms. The summed E-state index contributed by atoms with van der Waals surface area (Å²) in [7, 11) is -2.48. The van der Waals surface area contributed by atoms with Crippen LogP contribution in [0.4, 0.5) is 5.69 Å². The Balaban J connectivity index is 1.86. The van der Waals surface area contributed by atoms with E-state index < -0.39 is 15.9 Å². The highest BCUT2D eigenvalue weighted by molar-refractivity contribution is 7.92. The number of hydrogen-bond acceptors (Lipinski definition) is 4. The van der Waals surface area contributed by atoms with Crippen molar-refractivity contribution >= 4 is 33.2 Å². The maximum atomic E-state index is 13.4. The largest absolute Gasteiger partial charge is 0.497 e. The lowest BCUT2D eigenvalue weighted by Gasteiger charge is -2.24. The summed E-state index contributed by atoms with van der Waals surface area (Å²) in [5.74, 6) is 0.0934. The predicted octanol–water partition coefficient (Wildman–Crippen LogP) is 4.17. The predicted molar refractivity (Wildman–Crippen MR) is 122 cm³/mol. The van der Waals surface area contributed by atoms with Crippen LogP contribution < -0.4 is 14.4 Å². The lowest BCUT2D eigenvalue weighted by Crippen LogP contribution is -2.40. The first-order chi connectivity index (χ1) is 14.8. The van der Waals surface area contributed by atoms with Gasteiger partial charge in [-0.3, -0.25) is 9.10 Å². The van der Waals surface area contributed by atoms with Crippen LogP contribution in [0.15, 0.2) is 77.7 Å². The van der Waals surface area contributed by atoms with Crippen molar-refractivity contribution < 1.29 is 17.9 Å². The van der Waals surface area contributed by atoms with Gasteiger partial charge in [-0.15, -0.1) is 0 Å². The number of hydrogen-bond donors (Lipinski definition) is 1. The quantitative estimate of drug-likeness (QED) is 0.549. The van der Waals surface area contributed by atoms with Crippen LogP contribution in [0.5, 0.6) is 5.75 Å². The minimum atomic E-state index is -3.99. The molecule has 0 bridgehead atoms. The van der Waals surface area contributed by atoms with Crippen molar-refractivity contribution in [3.8, 4) is 5.75 Å². The van der Waals surface area contributed by atoms with Gasteiger partial charge in [-0.2, -0.15) is 0 Å². The average molecular weight is 459 g/mol. The van der Waals surface area contributed by atoms with Crippen LogP contribution in [-0.2, 0) is 21.4 Å². The normalized spacial score (nSPS) is 11.1. The van der Waals surface area contributed by atoms with Gasteiger partial charge in [0.2, 0.25) is 5.91 Å². The molecule has 0 heterocycles. The van der Waals surface area contributed by atoms with Crippen molar-refractivity contribution in [1.82, 2.24) is 5.32 Å². The Bertz CT molecular complexity index is 1150. The fraction of sp³-hybridized carbons (Fsp3) is 0.174. The second-order valence-electron chi connectivity index (χ2n) is 6.89. The molecule has 0 saturated heterocycles. The number of nitrogens with zero attached hydrogens (tertiary/aromatic N) is 1. The lowest BCUT2D eigenvalue weighted by atomic mass is 10.2. The van der Waals surface area contributed by atoms with E-state index in [4.69, 9.17) is 16.3 Å². The Labute approximate surface area is 187 Å². The zero-order chi connectivity index (χ0) is 22.4. The molecule has 162 valence electrons. The van der Waals surface area contributed by atoms with Crippen molar-refractivity contribution in [1.29, 1.82) is 0 Å². The molecule has 0 unspecified atom stereocenters. The molecule has 0 spiro atoms. The fourth-order valence-corrected chi connectivity index (χ4v) is 4.55. The minimum Gasteiger partial charge on any atom is -0.497 e. The molecule has 0 aliphatic carbocycles. The van der Waals surface area contributed by atoms with Crippen LogP contribution in [0.25, 0.3) is 0 Å².